The zero-order chi connectivity index (χ0) is 27.0. The van der Waals surface area contributed by atoms with Gasteiger partial charge in [-0.15, -0.1) is 0 Å². The summed E-state index contributed by atoms with van der Waals surface area (Å²) >= 11 is 0. The van der Waals surface area contributed by atoms with Crippen LogP contribution >= 0.6 is 0 Å². The minimum Gasteiger partial charge on any atom is -0.0842 e. The first-order valence-electron chi connectivity index (χ1n) is 15.6. The molecule has 0 saturated carbocycles. The van der Waals surface area contributed by atoms with Gasteiger partial charge in [-0.1, -0.05) is 106 Å². The van der Waals surface area contributed by atoms with Crippen molar-refractivity contribution in [1.29, 1.82) is 0 Å². The first kappa shape index (κ1) is 24.4. The Morgan fingerprint density at radius 1 is 0.875 bits per heavy atom. The Labute approximate surface area is 239 Å². The summed E-state index contributed by atoms with van der Waals surface area (Å²) in [6, 6.07) is 16.8. The fraction of sp³-hybridized carbons (Fsp3) is 0.350. The lowest BCUT2D eigenvalue weighted by molar-refractivity contribution is 0.274. The van der Waals surface area contributed by atoms with Crippen LogP contribution in [0.25, 0.3) is 40.1 Å². The molecule has 0 amide bonds. The molecule has 200 valence electrons. The van der Waals surface area contributed by atoms with Crippen LogP contribution in [0.1, 0.15) is 81.9 Å². The van der Waals surface area contributed by atoms with Crippen LogP contribution < -0.4 is 10.4 Å². The normalized spacial score (nSPS) is 24.7. The van der Waals surface area contributed by atoms with Crippen molar-refractivity contribution >= 4 is 29.0 Å². The van der Waals surface area contributed by atoms with E-state index in [1.54, 1.807) is 16.7 Å². The summed E-state index contributed by atoms with van der Waals surface area (Å²) in [6.07, 6.45) is 25.6. The summed E-state index contributed by atoms with van der Waals surface area (Å²) in [5.41, 5.74) is 12.3. The van der Waals surface area contributed by atoms with Crippen LogP contribution in [0.3, 0.4) is 0 Å². The first-order chi connectivity index (χ1) is 19.4. The summed E-state index contributed by atoms with van der Waals surface area (Å²) in [4.78, 5) is 0. The van der Waals surface area contributed by atoms with E-state index in [0.717, 1.165) is 25.2 Å². The molecule has 0 aromatic heterocycles. The third kappa shape index (κ3) is 3.94. The van der Waals surface area contributed by atoms with Crippen molar-refractivity contribution in [2.75, 3.05) is 0 Å². The van der Waals surface area contributed by atoms with Gasteiger partial charge in [0.2, 0.25) is 0 Å². The van der Waals surface area contributed by atoms with Crippen molar-refractivity contribution in [2.24, 2.45) is 17.3 Å². The molecule has 3 aromatic carbocycles. The van der Waals surface area contributed by atoms with Gasteiger partial charge in [0.15, 0.2) is 0 Å². The van der Waals surface area contributed by atoms with E-state index in [4.69, 9.17) is 0 Å². The molecule has 0 fully saturated rings. The van der Waals surface area contributed by atoms with Crippen molar-refractivity contribution in [3.63, 3.8) is 0 Å². The predicted molar refractivity (Wildman–Crippen MR) is 171 cm³/mol. The largest absolute Gasteiger partial charge is 0.0842 e. The van der Waals surface area contributed by atoms with Crippen molar-refractivity contribution in [1.82, 2.24) is 0 Å². The lowest BCUT2D eigenvalue weighted by Gasteiger charge is -2.36. The topological polar surface area (TPSA) is 0 Å². The molecule has 5 aliphatic rings. The fourth-order valence-corrected chi connectivity index (χ4v) is 8.24. The lowest BCUT2D eigenvalue weighted by atomic mass is 9.68. The minimum atomic E-state index is 0.312. The van der Waals surface area contributed by atoms with Gasteiger partial charge < -0.3 is 0 Å². The second-order valence-corrected chi connectivity index (χ2v) is 14.0. The molecule has 0 spiro atoms. The molecule has 0 aliphatic heterocycles. The Kier molecular flexibility index (Phi) is 5.54. The number of allylic oxidation sites excluding steroid dienone is 7. The van der Waals surface area contributed by atoms with Crippen molar-refractivity contribution in [2.45, 2.75) is 71.6 Å². The van der Waals surface area contributed by atoms with Crippen LogP contribution in [-0.4, -0.2) is 0 Å². The molecular weight excluding hydrogens is 480 g/mol. The van der Waals surface area contributed by atoms with Crippen LogP contribution in [-0.2, 0) is 6.42 Å². The molecule has 5 aliphatic carbocycles. The van der Waals surface area contributed by atoms with E-state index in [1.165, 1.54) is 74.7 Å². The zero-order valence-electron chi connectivity index (χ0n) is 24.3. The maximum Gasteiger partial charge on any atom is -0.00675 e. The van der Waals surface area contributed by atoms with Gasteiger partial charge in [0, 0.05) is 0 Å². The van der Waals surface area contributed by atoms with Crippen LogP contribution in [0.2, 0.25) is 0 Å². The molecule has 0 nitrogen and oxygen atoms in total. The second kappa shape index (κ2) is 9.07. The molecule has 3 unspecified atom stereocenters. The van der Waals surface area contributed by atoms with Gasteiger partial charge in [0.1, 0.15) is 0 Å². The Hall–Kier alpha value is -3.38. The predicted octanol–water partition coefficient (Wildman–Crippen LogP) is 9.17. The average Bonchev–Trinajstić information content (AvgIpc) is 2.98. The molecule has 0 N–H and O–H groups in total. The first-order valence-corrected chi connectivity index (χ1v) is 15.6. The minimum absolute atomic E-state index is 0.312. The summed E-state index contributed by atoms with van der Waals surface area (Å²) in [7, 11) is 0. The highest BCUT2D eigenvalue weighted by atomic mass is 14.4. The zero-order valence-corrected chi connectivity index (χ0v) is 24.3. The highest BCUT2D eigenvalue weighted by Crippen LogP contribution is 2.43. The van der Waals surface area contributed by atoms with E-state index >= 15 is 0 Å². The molecule has 0 heterocycles. The standard InChI is InChI=1S/C40H40/c1-40(2,3)35-23-33-15-9-26-16-18-36(37-19-17-34(24-35)38(33)39(26)37)32-14-13-30-21-29(11-12-31(30)22-32)28-10-8-25-6-4-5-7-27(25)20-28/h4,6,8-10,13-16,18-19,21-23,27,34-35H,5,7,11-12,17,20,24H2,1-3H3. The number of fused-ring (bicyclic) bond motifs is 2. The van der Waals surface area contributed by atoms with Crippen LogP contribution in [0.4, 0.5) is 0 Å². The number of benzene rings is 3. The van der Waals surface area contributed by atoms with E-state index in [1.807, 2.05) is 0 Å². The van der Waals surface area contributed by atoms with E-state index in [9.17, 15) is 0 Å². The average molecular weight is 521 g/mol. The van der Waals surface area contributed by atoms with Crippen molar-refractivity contribution in [3.8, 4) is 11.1 Å². The van der Waals surface area contributed by atoms with E-state index in [2.05, 4.69) is 106 Å². The second-order valence-electron chi connectivity index (χ2n) is 14.0. The molecular formula is C40H40. The van der Waals surface area contributed by atoms with Gasteiger partial charge in [0.05, 0.1) is 0 Å². The van der Waals surface area contributed by atoms with Gasteiger partial charge in [-0.2, -0.15) is 0 Å². The SMILES string of the molecule is CC(C)(C)C1C=c2ccc3ccc(-c4ccc5c(c4)CCC(C4=CC=C6C=CCCC6C4)=C5)c4c3c2C(CC=4)C1. The summed E-state index contributed by atoms with van der Waals surface area (Å²) in [5, 5.41) is 5.88. The highest BCUT2D eigenvalue weighted by molar-refractivity contribution is 5.93. The van der Waals surface area contributed by atoms with Gasteiger partial charge in [-0.3, -0.25) is 0 Å². The van der Waals surface area contributed by atoms with Gasteiger partial charge in [0.25, 0.3) is 0 Å². The molecule has 3 aromatic rings. The van der Waals surface area contributed by atoms with E-state index < -0.39 is 0 Å². The Morgan fingerprint density at radius 3 is 2.67 bits per heavy atom. The van der Waals surface area contributed by atoms with Crippen LogP contribution in [0.5, 0.6) is 0 Å². The number of hydrogen-bond donors (Lipinski definition) is 0. The van der Waals surface area contributed by atoms with Crippen molar-refractivity contribution in [3.05, 3.63) is 111 Å². The number of hydrogen-bond acceptors (Lipinski definition) is 0. The molecule has 0 saturated heterocycles. The summed E-state index contributed by atoms with van der Waals surface area (Å²) < 4.78 is 0. The molecule has 0 radical (unpaired) electrons. The number of aryl methyl sites for hydroxylation is 1. The van der Waals surface area contributed by atoms with E-state index in [0.29, 0.717) is 17.3 Å². The van der Waals surface area contributed by atoms with Gasteiger partial charge in [-0.05, 0) is 134 Å². The third-order valence-electron chi connectivity index (χ3n) is 10.6. The Bertz CT molecular complexity index is 1810. The van der Waals surface area contributed by atoms with Crippen molar-refractivity contribution < 1.29 is 0 Å². The monoisotopic (exact) mass is 520 g/mol. The van der Waals surface area contributed by atoms with Gasteiger partial charge in [-0.25, -0.2) is 0 Å². The van der Waals surface area contributed by atoms with Gasteiger partial charge >= 0.3 is 0 Å². The molecule has 3 atom stereocenters. The maximum atomic E-state index is 2.58. The summed E-state index contributed by atoms with van der Waals surface area (Å²) in [6.45, 7) is 7.20. The maximum absolute atomic E-state index is 2.58. The highest BCUT2D eigenvalue weighted by Gasteiger charge is 2.32. The fourth-order valence-electron chi connectivity index (χ4n) is 8.24. The lowest BCUT2D eigenvalue weighted by Crippen LogP contribution is -2.32. The molecule has 0 bridgehead atoms. The van der Waals surface area contributed by atoms with Crippen LogP contribution in [0.15, 0.2) is 83.5 Å². The summed E-state index contributed by atoms with van der Waals surface area (Å²) in [5.74, 6) is 2.01. The number of rotatable bonds is 2. The quantitative estimate of drug-likeness (QED) is 0.316. The molecule has 40 heavy (non-hydrogen) atoms. The smallest absolute Gasteiger partial charge is 0.00675 e. The Balaban J connectivity index is 1.18. The Morgan fingerprint density at radius 2 is 1.77 bits per heavy atom. The van der Waals surface area contributed by atoms with E-state index in [-0.39, 0.29) is 0 Å². The molecule has 0 heteroatoms. The van der Waals surface area contributed by atoms with Crippen LogP contribution in [0, 0.1) is 17.3 Å². The molecule has 8 rings (SSSR count). The third-order valence-corrected chi connectivity index (χ3v) is 10.6.